The van der Waals surface area contributed by atoms with Gasteiger partial charge < -0.3 is 10.2 Å². The summed E-state index contributed by atoms with van der Waals surface area (Å²) in [4.78, 5) is 0. The normalized spacial score (nSPS) is 38.3. The molecule has 1 heterocycles. The highest BCUT2D eigenvalue weighted by Crippen LogP contribution is 2.78. The number of alkyl halides is 3. The van der Waals surface area contributed by atoms with Crippen molar-refractivity contribution in [2.24, 2.45) is 5.41 Å². The molecule has 0 spiro atoms. The summed E-state index contributed by atoms with van der Waals surface area (Å²) < 4.78 is 42.5. The fraction of sp³-hybridized carbons (Fsp3) is 0.750. The lowest BCUT2D eigenvalue weighted by Crippen LogP contribution is -2.70. The maximum absolute atomic E-state index is 12.5. The molecule has 3 aliphatic rings. The van der Waals surface area contributed by atoms with E-state index in [1.165, 1.54) is 0 Å². The van der Waals surface area contributed by atoms with Gasteiger partial charge in [-0.15, -0.1) is 5.10 Å². The van der Waals surface area contributed by atoms with Crippen LogP contribution in [0.5, 0.6) is 0 Å². The van der Waals surface area contributed by atoms with E-state index in [1.54, 1.807) is 0 Å². The second-order valence-corrected chi connectivity index (χ2v) is 4.53. The number of hydrogen-bond acceptors (Lipinski definition) is 4. The Bertz CT molecular complexity index is 405. The molecule has 15 heavy (non-hydrogen) atoms. The van der Waals surface area contributed by atoms with Crippen LogP contribution in [0.2, 0.25) is 0 Å². The minimum absolute atomic E-state index is 0.0606. The van der Waals surface area contributed by atoms with Crippen molar-refractivity contribution < 1.29 is 17.6 Å². The molecular formula is C8H8F3N3O. The van der Waals surface area contributed by atoms with Gasteiger partial charge in [0.25, 0.3) is 0 Å². The first-order valence-electron chi connectivity index (χ1n) is 4.53. The third-order valence-electron chi connectivity index (χ3n) is 3.53. The van der Waals surface area contributed by atoms with E-state index in [-0.39, 0.29) is 31.2 Å². The zero-order valence-electron chi connectivity index (χ0n) is 7.64. The SMILES string of the molecule is Nc1nnc(C23CC(C(F)(F)F)(C2)C3)o1. The highest BCUT2D eigenvalue weighted by atomic mass is 19.4. The van der Waals surface area contributed by atoms with Crippen molar-refractivity contribution in [1.82, 2.24) is 10.2 Å². The molecule has 2 bridgehead atoms. The molecule has 1 aromatic rings. The molecule has 4 nitrogen and oxygen atoms in total. The summed E-state index contributed by atoms with van der Waals surface area (Å²) in [5.74, 6) is 0.256. The standard InChI is InChI=1S/C8H8F3N3O/c9-8(10,11)7-1-6(2-7,3-7)4-13-14-5(12)15-4/h1-3H2,(H2,12,14). The zero-order valence-corrected chi connectivity index (χ0v) is 7.64. The number of nitrogen functional groups attached to an aromatic ring is 1. The molecule has 0 aromatic carbocycles. The third kappa shape index (κ3) is 0.883. The van der Waals surface area contributed by atoms with Gasteiger partial charge in [0.1, 0.15) is 0 Å². The summed E-state index contributed by atoms with van der Waals surface area (Å²) in [6, 6.07) is -0.0872. The van der Waals surface area contributed by atoms with Gasteiger partial charge in [-0.25, -0.2) is 0 Å². The summed E-state index contributed by atoms with van der Waals surface area (Å²) in [5.41, 5.74) is 3.20. The molecule has 0 saturated heterocycles. The van der Waals surface area contributed by atoms with Crippen molar-refractivity contribution in [3.63, 3.8) is 0 Å². The lowest BCUT2D eigenvalue weighted by molar-refractivity contribution is -0.340. The summed E-state index contributed by atoms with van der Waals surface area (Å²) in [6.45, 7) is 0. The summed E-state index contributed by atoms with van der Waals surface area (Å²) in [7, 11) is 0. The van der Waals surface area contributed by atoms with Crippen LogP contribution in [0.25, 0.3) is 0 Å². The summed E-state index contributed by atoms with van der Waals surface area (Å²) in [5, 5.41) is 7.11. The number of nitrogens with two attached hydrogens (primary N) is 1. The van der Waals surface area contributed by atoms with Gasteiger partial charge in [-0.1, -0.05) is 5.10 Å². The van der Waals surface area contributed by atoms with Gasteiger partial charge in [0.15, 0.2) is 0 Å². The molecule has 2 N–H and O–H groups in total. The Morgan fingerprint density at radius 3 is 2.20 bits per heavy atom. The van der Waals surface area contributed by atoms with Crippen LogP contribution in [-0.2, 0) is 5.41 Å². The third-order valence-corrected chi connectivity index (χ3v) is 3.53. The van der Waals surface area contributed by atoms with Crippen molar-refractivity contribution in [3.05, 3.63) is 5.89 Å². The molecule has 0 radical (unpaired) electrons. The van der Waals surface area contributed by atoms with Crippen LogP contribution >= 0.6 is 0 Å². The van der Waals surface area contributed by atoms with Crippen LogP contribution in [0.4, 0.5) is 19.2 Å². The number of rotatable bonds is 1. The van der Waals surface area contributed by atoms with Crippen molar-refractivity contribution in [2.45, 2.75) is 30.9 Å². The van der Waals surface area contributed by atoms with E-state index < -0.39 is 17.0 Å². The Kier molecular flexibility index (Phi) is 1.27. The predicted molar refractivity (Wildman–Crippen MR) is 42.7 cm³/mol. The molecule has 3 saturated carbocycles. The largest absolute Gasteiger partial charge is 0.408 e. The number of nitrogens with zero attached hydrogens (tertiary/aromatic N) is 2. The average molecular weight is 219 g/mol. The zero-order chi connectivity index (χ0) is 10.9. The Morgan fingerprint density at radius 1 is 1.20 bits per heavy atom. The van der Waals surface area contributed by atoms with E-state index in [9.17, 15) is 13.2 Å². The first kappa shape index (κ1) is 8.99. The molecule has 0 atom stereocenters. The van der Waals surface area contributed by atoms with E-state index in [0.717, 1.165) is 0 Å². The summed E-state index contributed by atoms with van der Waals surface area (Å²) in [6.07, 6.45) is -3.93. The van der Waals surface area contributed by atoms with Crippen LogP contribution in [0.3, 0.4) is 0 Å². The van der Waals surface area contributed by atoms with Crippen molar-refractivity contribution in [1.29, 1.82) is 0 Å². The minimum atomic E-state index is -4.11. The van der Waals surface area contributed by atoms with Crippen LogP contribution in [0.1, 0.15) is 25.2 Å². The van der Waals surface area contributed by atoms with Crippen molar-refractivity contribution in [3.8, 4) is 0 Å². The molecular weight excluding hydrogens is 211 g/mol. The van der Waals surface area contributed by atoms with E-state index >= 15 is 0 Å². The molecule has 4 rings (SSSR count). The van der Waals surface area contributed by atoms with Crippen LogP contribution < -0.4 is 5.73 Å². The number of aromatic nitrogens is 2. The molecule has 1 aromatic heterocycles. The smallest absolute Gasteiger partial charge is 0.394 e. The Morgan fingerprint density at radius 2 is 1.80 bits per heavy atom. The van der Waals surface area contributed by atoms with Crippen LogP contribution in [-0.4, -0.2) is 16.4 Å². The predicted octanol–water partition coefficient (Wildman–Crippen LogP) is 1.64. The average Bonchev–Trinajstić information content (AvgIpc) is 2.25. The molecule has 82 valence electrons. The van der Waals surface area contributed by atoms with Crippen LogP contribution in [0, 0.1) is 5.41 Å². The quantitative estimate of drug-likeness (QED) is 0.779. The van der Waals surface area contributed by atoms with Gasteiger partial charge in [-0.2, -0.15) is 13.2 Å². The maximum Gasteiger partial charge on any atom is 0.394 e. The fourth-order valence-electron chi connectivity index (χ4n) is 2.76. The van der Waals surface area contributed by atoms with Gasteiger partial charge in [0.05, 0.1) is 10.8 Å². The lowest BCUT2D eigenvalue weighted by Gasteiger charge is -2.68. The molecule has 7 heteroatoms. The number of halogens is 3. The molecule has 0 unspecified atom stereocenters. The van der Waals surface area contributed by atoms with E-state index in [2.05, 4.69) is 10.2 Å². The van der Waals surface area contributed by atoms with Gasteiger partial charge in [-0.05, 0) is 19.3 Å². The maximum atomic E-state index is 12.5. The van der Waals surface area contributed by atoms with Crippen molar-refractivity contribution >= 4 is 6.01 Å². The lowest BCUT2D eigenvalue weighted by atomic mass is 9.34. The number of anilines is 1. The van der Waals surface area contributed by atoms with E-state index in [4.69, 9.17) is 10.2 Å². The van der Waals surface area contributed by atoms with E-state index in [1.807, 2.05) is 0 Å². The highest BCUT2D eigenvalue weighted by Gasteiger charge is 2.80. The molecule has 3 fully saturated rings. The van der Waals surface area contributed by atoms with Gasteiger partial charge >= 0.3 is 12.2 Å². The highest BCUT2D eigenvalue weighted by molar-refractivity contribution is 5.32. The summed E-state index contributed by atoms with van der Waals surface area (Å²) >= 11 is 0. The monoisotopic (exact) mass is 219 g/mol. The minimum Gasteiger partial charge on any atom is -0.408 e. The van der Waals surface area contributed by atoms with Gasteiger partial charge in [0, 0.05) is 0 Å². The molecule has 3 aliphatic carbocycles. The first-order valence-corrected chi connectivity index (χ1v) is 4.53. The van der Waals surface area contributed by atoms with Gasteiger partial charge in [0.2, 0.25) is 5.89 Å². The van der Waals surface area contributed by atoms with Crippen molar-refractivity contribution in [2.75, 3.05) is 5.73 Å². The Hall–Kier alpha value is -1.27. The topological polar surface area (TPSA) is 64.9 Å². The Balaban J connectivity index is 1.82. The van der Waals surface area contributed by atoms with Gasteiger partial charge in [-0.3, -0.25) is 0 Å². The molecule has 0 amide bonds. The first-order chi connectivity index (χ1) is 6.87. The second-order valence-electron chi connectivity index (χ2n) is 4.53. The second kappa shape index (κ2) is 2.12. The number of hydrogen-bond donors (Lipinski definition) is 1. The fourth-order valence-corrected chi connectivity index (χ4v) is 2.76. The Labute approximate surface area is 82.6 Å². The van der Waals surface area contributed by atoms with Crippen LogP contribution in [0.15, 0.2) is 4.42 Å². The molecule has 0 aliphatic heterocycles. The van der Waals surface area contributed by atoms with E-state index in [0.29, 0.717) is 0 Å².